The van der Waals surface area contributed by atoms with Gasteiger partial charge in [-0.2, -0.15) is 0 Å². The molecule has 0 amide bonds. The molecule has 0 atom stereocenters. The van der Waals surface area contributed by atoms with E-state index in [2.05, 4.69) is 5.16 Å². The van der Waals surface area contributed by atoms with Gasteiger partial charge >= 0.3 is 0 Å². The van der Waals surface area contributed by atoms with Crippen LogP contribution in [0.3, 0.4) is 0 Å². The molecule has 3 rings (SSSR count). The van der Waals surface area contributed by atoms with Crippen molar-refractivity contribution in [3.8, 4) is 22.4 Å². The summed E-state index contributed by atoms with van der Waals surface area (Å²) in [6, 6.07) is 12.2. The van der Waals surface area contributed by atoms with E-state index in [4.69, 9.17) is 9.66 Å². The number of hydrogen-bond donors (Lipinski definition) is 1. The molecule has 1 aromatic heterocycles. The third-order valence-corrected chi connectivity index (χ3v) is 4.79. The molecule has 0 aliphatic carbocycles. The molecule has 0 radical (unpaired) electrons. The van der Waals surface area contributed by atoms with Crippen molar-refractivity contribution in [1.82, 2.24) is 5.16 Å². The van der Waals surface area contributed by atoms with E-state index >= 15 is 0 Å². The summed E-state index contributed by atoms with van der Waals surface area (Å²) >= 11 is 0. The van der Waals surface area contributed by atoms with Gasteiger partial charge in [0.1, 0.15) is 17.3 Å². The highest BCUT2D eigenvalue weighted by molar-refractivity contribution is 7.89. The standard InChI is InChI=1S/C18H17FN2O3S/c1-2-5-15-17(14-6-3-4-7-16(14)25(20,22)23)18(21-24-15)12-8-10-13(19)11-9-12/h3-4,6-11H,2,5H2,1H3,(H2,20,22,23). The summed E-state index contributed by atoms with van der Waals surface area (Å²) in [5.74, 6) is 0.199. The normalized spacial score (nSPS) is 11.6. The van der Waals surface area contributed by atoms with E-state index in [1.807, 2.05) is 6.92 Å². The number of aromatic nitrogens is 1. The molecule has 2 N–H and O–H groups in total. The zero-order valence-electron chi connectivity index (χ0n) is 13.6. The van der Waals surface area contributed by atoms with Crippen LogP contribution in [0.5, 0.6) is 0 Å². The number of nitrogens with two attached hydrogens (primary N) is 1. The lowest BCUT2D eigenvalue weighted by molar-refractivity contribution is 0.385. The number of hydrogen-bond acceptors (Lipinski definition) is 4. The summed E-state index contributed by atoms with van der Waals surface area (Å²) < 4.78 is 42.7. The molecular weight excluding hydrogens is 343 g/mol. The van der Waals surface area contributed by atoms with E-state index in [0.717, 1.165) is 6.42 Å². The Morgan fingerprint density at radius 3 is 2.44 bits per heavy atom. The van der Waals surface area contributed by atoms with Crippen LogP contribution in [0.2, 0.25) is 0 Å². The van der Waals surface area contributed by atoms with Crippen molar-refractivity contribution in [1.29, 1.82) is 0 Å². The van der Waals surface area contributed by atoms with E-state index in [0.29, 0.717) is 34.6 Å². The van der Waals surface area contributed by atoms with Gasteiger partial charge in [-0.1, -0.05) is 30.3 Å². The maximum absolute atomic E-state index is 13.2. The first-order valence-corrected chi connectivity index (χ1v) is 9.33. The van der Waals surface area contributed by atoms with Crippen LogP contribution in [0.25, 0.3) is 22.4 Å². The van der Waals surface area contributed by atoms with Crippen molar-refractivity contribution in [3.63, 3.8) is 0 Å². The Morgan fingerprint density at radius 2 is 1.80 bits per heavy atom. The molecule has 0 aliphatic rings. The van der Waals surface area contributed by atoms with Crippen molar-refractivity contribution in [2.45, 2.75) is 24.7 Å². The fourth-order valence-corrected chi connectivity index (χ4v) is 3.47. The van der Waals surface area contributed by atoms with E-state index in [9.17, 15) is 12.8 Å². The quantitative estimate of drug-likeness (QED) is 0.751. The molecule has 7 heteroatoms. The van der Waals surface area contributed by atoms with Crippen LogP contribution in [-0.4, -0.2) is 13.6 Å². The summed E-state index contributed by atoms with van der Waals surface area (Å²) in [6.45, 7) is 1.98. The van der Waals surface area contributed by atoms with Crippen molar-refractivity contribution in [2.24, 2.45) is 5.14 Å². The largest absolute Gasteiger partial charge is 0.360 e. The highest BCUT2D eigenvalue weighted by atomic mass is 32.2. The van der Waals surface area contributed by atoms with Crippen LogP contribution in [0, 0.1) is 5.82 Å². The maximum Gasteiger partial charge on any atom is 0.238 e. The topological polar surface area (TPSA) is 86.2 Å². The van der Waals surface area contributed by atoms with Gasteiger partial charge in [-0.15, -0.1) is 0 Å². The molecule has 0 spiro atoms. The molecule has 5 nitrogen and oxygen atoms in total. The second kappa shape index (κ2) is 6.78. The molecule has 130 valence electrons. The minimum Gasteiger partial charge on any atom is -0.360 e. The summed E-state index contributed by atoms with van der Waals surface area (Å²) in [5, 5.41) is 9.47. The zero-order valence-corrected chi connectivity index (χ0v) is 14.4. The Kier molecular flexibility index (Phi) is 4.69. The summed E-state index contributed by atoms with van der Waals surface area (Å²) in [7, 11) is -3.93. The lowest BCUT2D eigenvalue weighted by Gasteiger charge is -2.09. The van der Waals surface area contributed by atoms with Gasteiger partial charge < -0.3 is 4.52 Å². The molecule has 25 heavy (non-hydrogen) atoms. The Labute approximate surface area is 145 Å². The fraction of sp³-hybridized carbons (Fsp3) is 0.167. The average Bonchev–Trinajstić information content (AvgIpc) is 2.99. The van der Waals surface area contributed by atoms with E-state index in [1.54, 1.807) is 30.3 Å². The molecule has 0 bridgehead atoms. The van der Waals surface area contributed by atoms with Gasteiger partial charge in [0.05, 0.1) is 10.5 Å². The smallest absolute Gasteiger partial charge is 0.238 e. The van der Waals surface area contributed by atoms with Crippen LogP contribution in [0.1, 0.15) is 19.1 Å². The molecule has 0 saturated heterocycles. The molecule has 2 aromatic carbocycles. The van der Waals surface area contributed by atoms with Gasteiger partial charge in [0, 0.05) is 17.5 Å². The van der Waals surface area contributed by atoms with Crippen molar-refractivity contribution >= 4 is 10.0 Å². The average molecular weight is 360 g/mol. The molecule has 3 aromatic rings. The lowest BCUT2D eigenvalue weighted by Crippen LogP contribution is -2.13. The van der Waals surface area contributed by atoms with Crippen LogP contribution >= 0.6 is 0 Å². The highest BCUT2D eigenvalue weighted by Crippen LogP contribution is 2.38. The van der Waals surface area contributed by atoms with Crippen LogP contribution in [0.4, 0.5) is 4.39 Å². The number of benzene rings is 2. The third-order valence-electron chi connectivity index (χ3n) is 3.82. The monoisotopic (exact) mass is 360 g/mol. The Hall–Kier alpha value is -2.51. The minimum atomic E-state index is -3.93. The van der Waals surface area contributed by atoms with E-state index in [1.165, 1.54) is 18.2 Å². The Balaban J connectivity index is 2.29. The Morgan fingerprint density at radius 1 is 1.12 bits per heavy atom. The van der Waals surface area contributed by atoms with Crippen LogP contribution in [0.15, 0.2) is 57.9 Å². The molecule has 0 unspecified atom stereocenters. The second-order valence-electron chi connectivity index (χ2n) is 5.63. The first-order valence-electron chi connectivity index (χ1n) is 7.78. The highest BCUT2D eigenvalue weighted by Gasteiger charge is 2.24. The van der Waals surface area contributed by atoms with Gasteiger partial charge in [-0.05, 0) is 36.8 Å². The number of aryl methyl sites for hydroxylation is 1. The molecule has 0 aliphatic heterocycles. The molecular formula is C18H17FN2O3S. The van der Waals surface area contributed by atoms with E-state index < -0.39 is 10.0 Å². The minimum absolute atomic E-state index is 0.00100. The molecule has 0 saturated carbocycles. The first-order chi connectivity index (χ1) is 11.9. The van der Waals surface area contributed by atoms with Crippen molar-refractivity contribution < 1.29 is 17.3 Å². The van der Waals surface area contributed by atoms with Crippen molar-refractivity contribution in [2.75, 3.05) is 0 Å². The number of rotatable bonds is 5. The molecule has 0 fully saturated rings. The first kappa shape index (κ1) is 17.3. The van der Waals surface area contributed by atoms with Crippen molar-refractivity contribution in [3.05, 3.63) is 60.1 Å². The van der Waals surface area contributed by atoms with Crippen LogP contribution in [-0.2, 0) is 16.4 Å². The maximum atomic E-state index is 13.2. The fourth-order valence-electron chi connectivity index (χ4n) is 2.73. The van der Waals surface area contributed by atoms with Gasteiger partial charge in [-0.3, -0.25) is 0 Å². The van der Waals surface area contributed by atoms with Gasteiger partial charge in [0.25, 0.3) is 0 Å². The van der Waals surface area contributed by atoms with Gasteiger partial charge in [0.2, 0.25) is 10.0 Å². The predicted octanol–water partition coefficient (Wildman–Crippen LogP) is 3.75. The number of primary sulfonamides is 1. The van der Waals surface area contributed by atoms with E-state index in [-0.39, 0.29) is 10.7 Å². The lowest BCUT2D eigenvalue weighted by atomic mass is 9.97. The number of halogens is 1. The SMILES string of the molecule is CCCc1onc(-c2ccc(F)cc2)c1-c1ccccc1S(N)(=O)=O. The Bertz CT molecular complexity index is 995. The van der Waals surface area contributed by atoms with Gasteiger partial charge in [0.15, 0.2) is 0 Å². The van der Waals surface area contributed by atoms with Gasteiger partial charge in [-0.25, -0.2) is 17.9 Å². The molecule has 1 heterocycles. The summed E-state index contributed by atoms with van der Waals surface area (Å²) in [6.07, 6.45) is 1.38. The third kappa shape index (κ3) is 3.47. The second-order valence-corrected chi connectivity index (χ2v) is 7.16. The predicted molar refractivity (Wildman–Crippen MR) is 92.7 cm³/mol. The summed E-state index contributed by atoms with van der Waals surface area (Å²) in [4.78, 5) is -0.00100. The van der Waals surface area contributed by atoms with Crippen LogP contribution < -0.4 is 5.14 Å². The zero-order chi connectivity index (χ0) is 18.0. The summed E-state index contributed by atoms with van der Waals surface area (Å²) in [5.41, 5.74) is 2.08. The number of nitrogens with zero attached hydrogens (tertiary/aromatic N) is 1. The number of sulfonamides is 1.